The fourth-order valence-electron chi connectivity index (χ4n) is 6.07. The van der Waals surface area contributed by atoms with Crippen LogP contribution < -0.4 is 24.8 Å². The second kappa shape index (κ2) is 12.6. The third kappa shape index (κ3) is 5.56. The van der Waals surface area contributed by atoms with Gasteiger partial charge in [0.05, 0.1) is 0 Å². The fourth-order valence-corrected chi connectivity index (χ4v) is 11.5. The molecule has 0 aromatic heterocycles. The minimum atomic E-state index is -0.883. The number of fused-ring (bicyclic) bond motifs is 2. The van der Waals surface area contributed by atoms with Crippen molar-refractivity contribution in [3.63, 3.8) is 0 Å². The Morgan fingerprint density at radius 1 is 0.538 bits per heavy atom. The predicted octanol–water partition coefficient (Wildman–Crippen LogP) is 4.12. The van der Waals surface area contributed by atoms with Crippen LogP contribution in [0.4, 0.5) is 0 Å². The summed E-state index contributed by atoms with van der Waals surface area (Å²) in [5, 5.41) is 0. The Morgan fingerprint density at radius 3 is 1.28 bits per heavy atom. The van der Waals surface area contributed by atoms with Gasteiger partial charge in [0.15, 0.2) is 0 Å². The summed E-state index contributed by atoms with van der Waals surface area (Å²) >= 11 is -0.883. The summed E-state index contributed by atoms with van der Waals surface area (Å²) in [4.78, 5) is 0. The maximum Gasteiger partial charge on any atom is -1.00 e. The summed E-state index contributed by atoms with van der Waals surface area (Å²) in [6.45, 7) is 9.04. The van der Waals surface area contributed by atoms with Gasteiger partial charge in [-0.15, -0.1) is 0 Å². The van der Waals surface area contributed by atoms with Crippen LogP contribution in [0.3, 0.4) is 0 Å². The van der Waals surface area contributed by atoms with E-state index in [-0.39, 0.29) is 24.8 Å². The molecule has 2 aliphatic rings. The van der Waals surface area contributed by atoms with Crippen LogP contribution in [0.2, 0.25) is 0 Å². The first-order chi connectivity index (χ1) is 18.1. The summed E-state index contributed by atoms with van der Waals surface area (Å²) in [6, 6.07) is 32.2. The van der Waals surface area contributed by atoms with E-state index in [4.69, 9.17) is 0 Å². The first kappa shape index (κ1) is 29.8. The van der Waals surface area contributed by atoms with Gasteiger partial charge in [0.25, 0.3) is 0 Å². The van der Waals surface area contributed by atoms with Crippen LogP contribution in [0.25, 0.3) is 34.4 Å². The van der Waals surface area contributed by atoms with E-state index < -0.39 is 23.2 Å². The quantitative estimate of drug-likeness (QED) is 0.302. The molecule has 0 amide bonds. The van der Waals surface area contributed by atoms with Crippen LogP contribution >= 0.6 is 0 Å². The topological polar surface area (TPSA) is 0 Å². The number of hydrogen-bond donors (Lipinski definition) is 0. The van der Waals surface area contributed by atoms with E-state index in [0.29, 0.717) is 7.25 Å². The molecule has 39 heavy (non-hydrogen) atoms. The summed E-state index contributed by atoms with van der Waals surface area (Å²) in [7, 11) is 0. The van der Waals surface area contributed by atoms with Crippen molar-refractivity contribution in [1.29, 1.82) is 0 Å². The van der Waals surface area contributed by atoms with E-state index in [1.807, 2.05) is 0 Å². The van der Waals surface area contributed by atoms with Gasteiger partial charge in [0.1, 0.15) is 0 Å². The van der Waals surface area contributed by atoms with Gasteiger partial charge >= 0.3 is 235 Å². The van der Waals surface area contributed by atoms with Crippen molar-refractivity contribution in [2.45, 2.75) is 47.8 Å². The van der Waals surface area contributed by atoms with Gasteiger partial charge < -0.3 is 24.8 Å². The maximum absolute atomic E-state index is 2.55. The second-order valence-electron chi connectivity index (χ2n) is 10.5. The Kier molecular flexibility index (Phi) is 9.59. The number of halogens is 2. The molecule has 0 aliphatic heterocycles. The Labute approximate surface area is 258 Å². The molecule has 4 aromatic rings. The van der Waals surface area contributed by atoms with Gasteiger partial charge in [0.2, 0.25) is 0 Å². The molecule has 0 spiro atoms. The van der Waals surface area contributed by atoms with Gasteiger partial charge in [0, 0.05) is 0 Å². The average molecular weight is 629 g/mol. The standard InChI is InChI=1S/2C18H17.2ClH.Zr/c2*1-3-14-11-16-5-4-6-17(18(16)12-14)15-9-7-13(2)8-10-15;;;/h2*4-12H,3H2,1-2H3;2*1H;/q;;;;+2/p-2. The molecule has 0 bridgehead atoms. The molecular formula is C36H34Cl2Zr. The van der Waals surface area contributed by atoms with E-state index in [9.17, 15) is 0 Å². The normalized spacial score (nSPS) is 16.7. The van der Waals surface area contributed by atoms with Crippen molar-refractivity contribution in [2.24, 2.45) is 0 Å². The van der Waals surface area contributed by atoms with Gasteiger partial charge in [-0.1, -0.05) is 0 Å². The van der Waals surface area contributed by atoms with Crippen LogP contribution in [0.15, 0.2) is 96.1 Å². The average Bonchev–Trinajstić information content (AvgIpc) is 3.47. The zero-order valence-electron chi connectivity index (χ0n) is 23.1. The van der Waals surface area contributed by atoms with Crippen LogP contribution in [-0.2, 0) is 23.2 Å². The molecule has 0 saturated heterocycles. The van der Waals surface area contributed by atoms with Crippen molar-refractivity contribution < 1.29 is 48.0 Å². The van der Waals surface area contributed by atoms with E-state index >= 15 is 0 Å². The molecule has 2 aliphatic carbocycles. The van der Waals surface area contributed by atoms with Gasteiger partial charge in [-0.25, -0.2) is 0 Å². The molecule has 0 saturated carbocycles. The molecule has 0 N–H and O–H groups in total. The zero-order valence-corrected chi connectivity index (χ0v) is 27.0. The molecular weight excluding hydrogens is 595 g/mol. The summed E-state index contributed by atoms with van der Waals surface area (Å²) < 4.78 is 1.28. The van der Waals surface area contributed by atoms with Crippen LogP contribution in [0.1, 0.15) is 67.3 Å². The third-order valence-corrected chi connectivity index (χ3v) is 13.2. The number of benzene rings is 4. The number of hydrogen-bond acceptors (Lipinski definition) is 0. The third-order valence-electron chi connectivity index (χ3n) is 8.18. The van der Waals surface area contributed by atoms with Crippen molar-refractivity contribution in [3.05, 3.63) is 129 Å². The van der Waals surface area contributed by atoms with Gasteiger partial charge in [-0.3, -0.25) is 0 Å². The molecule has 0 heterocycles. The molecule has 0 nitrogen and oxygen atoms in total. The minimum Gasteiger partial charge on any atom is -1.00 e. The van der Waals surface area contributed by atoms with E-state index in [2.05, 4.69) is 125 Å². The smallest absolute Gasteiger partial charge is 1.00 e. The van der Waals surface area contributed by atoms with Crippen molar-refractivity contribution in [2.75, 3.05) is 0 Å². The number of allylic oxidation sites excluding steroid dienone is 2. The Balaban J connectivity index is 0.00000176. The Bertz CT molecular complexity index is 1410. The summed E-state index contributed by atoms with van der Waals surface area (Å²) in [5.41, 5.74) is 17.5. The second-order valence-corrected chi connectivity index (χ2v) is 14.2. The maximum atomic E-state index is 2.55. The van der Waals surface area contributed by atoms with Gasteiger partial charge in [-0.05, 0) is 0 Å². The molecule has 6 rings (SSSR count). The van der Waals surface area contributed by atoms with Crippen LogP contribution in [-0.4, -0.2) is 0 Å². The Hall–Kier alpha value is -2.18. The zero-order chi connectivity index (χ0) is 25.5. The molecule has 2 unspecified atom stereocenters. The molecule has 4 aromatic carbocycles. The van der Waals surface area contributed by atoms with Crippen LogP contribution in [0, 0.1) is 13.8 Å². The number of aryl methyl sites for hydroxylation is 2. The first-order valence-electron chi connectivity index (χ1n) is 13.6. The first-order valence-corrected chi connectivity index (χ1v) is 16.5. The van der Waals surface area contributed by atoms with E-state index in [1.54, 1.807) is 22.3 Å². The molecule has 2 atom stereocenters. The van der Waals surface area contributed by atoms with Crippen molar-refractivity contribution in [1.82, 2.24) is 0 Å². The largest absolute Gasteiger partial charge is 1.00 e. The van der Waals surface area contributed by atoms with E-state index in [0.717, 1.165) is 12.8 Å². The van der Waals surface area contributed by atoms with E-state index in [1.165, 1.54) is 44.5 Å². The SMILES string of the molecule is CCC1=Cc2c(-c3ccc(C)cc3)cccc2[CH]1[Zr+2][CH]1C(CC)=Cc2c(-c3ccc(C)cc3)cccc21.[Cl-].[Cl-]. The monoisotopic (exact) mass is 626 g/mol. The molecule has 0 fully saturated rings. The fraction of sp³-hybridized carbons (Fsp3) is 0.222. The summed E-state index contributed by atoms with van der Waals surface area (Å²) in [5.74, 6) is 0. The molecule has 0 radical (unpaired) electrons. The van der Waals surface area contributed by atoms with Crippen molar-refractivity contribution >= 4 is 12.2 Å². The molecule has 196 valence electrons. The van der Waals surface area contributed by atoms with Crippen LogP contribution in [0.5, 0.6) is 0 Å². The number of rotatable bonds is 6. The predicted molar refractivity (Wildman–Crippen MR) is 155 cm³/mol. The Morgan fingerprint density at radius 2 is 0.923 bits per heavy atom. The minimum absolute atomic E-state index is 0. The summed E-state index contributed by atoms with van der Waals surface area (Å²) in [6.07, 6.45) is 7.37. The van der Waals surface area contributed by atoms with Crippen molar-refractivity contribution in [3.8, 4) is 22.3 Å². The van der Waals surface area contributed by atoms with Gasteiger partial charge in [-0.2, -0.15) is 0 Å². The molecule has 3 heteroatoms.